The van der Waals surface area contributed by atoms with Crippen LogP contribution in [0.3, 0.4) is 0 Å². The summed E-state index contributed by atoms with van der Waals surface area (Å²) in [5, 5.41) is 2.53. The maximum atomic E-state index is 10.9. The van der Waals surface area contributed by atoms with E-state index in [0.717, 1.165) is 0 Å². The van der Waals surface area contributed by atoms with E-state index in [-0.39, 0.29) is 18.4 Å². The summed E-state index contributed by atoms with van der Waals surface area (Å²) in [6, 6.07) is -0.109. The summed E-state index contributed by atoms with van der Waals surface area (Å²) in [7, 11) is 1.24. The van der Waals surface area contributed by atoms with Gasteiger partial charge in [0.15, 0.2) is 0 Å². The van der Waals surface area contributed by atoms with Crippen molar-refractivity contribution in [3.8, 4) is 0 Å². The van der Waals surface area contributed by atoms with Crippen molar-refractivity contribution in [1.82, 2.24) is 5.32 Å². The summed E-state index contributed by atoms with van der Waals surface area (Å²) in [6.07, 6.45) is -0.249. The highest BCUT2D eigenvalue weighted by atomic mass is 16.5. The number of carbonyl (C=O) groups is 2. The Hall–Kier alpha value is -1.10. The van der Waals surface area contributed by atoms with Crippen molar-refractivity contribution in [2.24, 2.45) is 5.73 Å². The number of rotatable bonds is 4. The number of nitrogens with one attached hydrogen (secondary N) is 1. The fourth-order valence-electron chi connectivity index (χ4n) is 0.588. The van der Waals surface area contributed by atoms with Crippen LogP contribution in [-0.4, -0.2) is 31.6 Å². The average molecular weight is 174 g/mol. The zero-order valence-electron chi connectivity index (χ0n) is 7.29. The third kappa shape index (κ3) is 4.68. The maximum absolute atomic E-state index is 10.9. The van der Waals surface area contributed by atoms with E-state index >= 15 is 0 Å². The molecule has 0 bridgehead atoms. The molecule has 0 aromatic rings. The minimum absolute atomic E-state index is 0.109. The van der Waals surface area contributed by atoms with Crippen molar-refractivity contribution in [3.05, 3.63) is 0 Å². The molecule has 0 saturated carbocycles. The van der Waals surface area contributed by atoms with Gasteiger partial charge < -0.3 is 15.8 Å². The van der Waals surface area contributed by atoms with E-state index in [1.165, 1.54) is 7.11 Å². The maximum Gasteiger partial charge on any atom is 0.315 e. The smallest absolute Gasteiger partial charge is 0.315 e. The first kappa shape index (κ1) is 10.9. The van der Waals surface area contributed by atoms with E-state index in [1.54, 1.807) is 6.92 Å². The number of esters is 1. The van der Waals surface area contributed by atoms with Gasteiger partial charge in [-0.2, -0.15) is 0 Å². The number of methoxy groups -OCH3 is 1. The molecule has 0 aliphatic heterocycles. The second kappa shape index (κ2) is 5.54. The normalized spacial score (nSPS) is 11.9. The number of ether oxygens (including phenoxy) is 1. The molecule has 5 heteroatoms. The minimum atomic E-state index is -0.545. The van der Waals surface area contributed by atoms with E-state index in [1.807, 2.05) is 0 Å². The molecule has 5 nitrogen and oxygen atoms in total. The summed E-state index contributed by atoms with van der Waals surface area (Å²) < 4.78 is 4.31. The largest absolute Gasteiger partial charge is 0.469 e. The third-order valence-electron chi connectivity index (χ3n) is 1.29. The highest BCUT2D eigenvalue weighted by Crippen LogP contribution is 1.85. The molecule has 0 aromatic carbocycles. The molecule has 0 radical (unpaired) electrons. The molecule has 1 amide bonds. The van der Waals surface area contributed by atoms with Crippen LogP contribution in [0.25, 0.3) is 0 Å². The molecule has 0 spiro atoms. The van der Waals surface area contributed by atoms with Gasteiger partial charge in [-0.1, -0.05) is 0 Å². The zero-order valence-corrected chi connectivity index (χ0v) is 7.29. The van der Waals surface area contributed by atoms with Gasteiger partial charge in [-0.05, 0) is 6.92 Å². The number of amides is 1. The van der Waals surface area contributed by atoms with Crippen LogP contribution in [0, 0.1) is 0 Å². The molecule has 0 aliphatic carbocycles. The van der Waals surface area contributed by atoms with Gasteiger partial charge in [0.25, 0.3) is 0 Å². The van der Waals surface area contributed by atoms with Crippen molar-refractivity contribution >= 4 is 11.9 Å². The molecular weight excluding hydrogens is 160 g/mol. The summed E-state index contributed by atoms with van der Waals surface area (Å²) in [4.78, 5) is 21.5. The van der Waals surface area contributed by atoms with Crippen LogP contribution in [0.5, 0.6) is 0 Å². The molecule has 0 saturated heterocycles. The van der Waals surface area contributed by atoms with Crippen molar-refractivity contribution in [2.45, 2.75) is 19.4 Å². The summed E-state index contributed by atoms with van der Waals surface area (Å²) in [6.45, 7) is 2.11. The van der Waals surface area contributed by atoms with Crippen LogP contribution >= 0.6 is 0 Å². The van der Waals surface area contributed by atoms with Gasteiger partial charge in [0, 0.05) is 12.6 Å². The van der Waals surface area contributed by atoms with E-state index in [4.69, 9.17) is 5.73 Å². The quantitative estimate of drug-likeness (QED) is 0.423. The van der Waals surface area contributed by atoms with Crippen molar-refractivity contribution in [2.75, 3.05) is 13.7 Å². The van der Waals surface area contributed by atoms with Crippen molar-refractivity contribution in [1.29, 1.82) is 0 Å². The Morgan fingerprint density at radius 1 is 1.58 bits per heavy atom. The number of nitrogens with two attached hydrogens (primary N) is 1. The Bertz CT molecular complexity index is 170. The molecule has 1 unspecified atom stereocenters. The first-order chi connectivity index (χ1) is 5.60. The van der Waals surface area contributed by atoms with Crippen LogP contribution in [0.4, 0.5) is 0 Å². The topological polar surface area (TPSA) is 81.4 Å². The molecule has 0 aliphatic rings. The van der Waals surface area contributed by atoms with Gasteiger partial charge in [-0.25, -0.2) is 0 Å². The molecule has 3 N–H and O–H groups in total. The number of hydrogen-bond acceptors (Lipinski definition) is 4. The second-order valence-electron chi connectivity index (χ2n) is 2.46. The Balaban J connectivity index is 3.66. The van der Waals surface area contributed by atoms with E-state index in [9.17, 15) is 9.59 Å². The summed E-state index contributed by atoms with van der Waals surface area (Å²) in [5.74, 6) is -0.906. The van der Waals surface area contributed by atoms with Crippen LogP contribution in [0.1, 0.15) is 13.3 Å². The highest BCUT2D eigenvalue weighted by molar-refractivity contribution is 5.94. The predicted octanol–water partition coefficient (Wildman–Crippen LogP) is -0.987. The lowest BCUT2D eigenvalue weighted by Crippen LogP contribution is -2.38. The molecule has 0 fully saturated rings. The molecule has 12 heavy (non-hydrogen) atoms. The minimum Gasteiger partial charge on any atom is -0.469 e. The zero-order chi connectivity index (χ0) is 9.56. The van der Waals surface area contributed by atoms with Gasteiger partial charge in [-0.15, -0.1) is 0 Å². The highest BCUT2D eigenvalue weighted by Gasteiger charge is 2.10. The van der Waals surface area contributed by atoms with Crippen molar-refractivity contribution < 1.29 is 14.3 Å². The SMILES string of the molecule is COC(=O)CC(=O)NC(C)CN. The van der Waals surface area contributed by atoms with Crippen LogP contribution in [-0.2, 0) is 14.3 Å². The third-order valence-corrected chi connectivity index (χ3v) is 1.29. The fourth-order valence-corrected chi connectivity index (χ4v) is 0.588. The first-order valence-electron chi connectivity index (χ1n) is 3.66. The Labute approximate surface area is 71.3 Å². The van der Waals surface area contributed by atoms with Crippen molar-refractivity contribution in [3.63, 3.8) is 0 Å². The second-order valence-corrected chi connectivity index (χ2v) is 2.46. The van der Waals surface area contributed by atoms with Gasteiger partial charge in [0.05, 0.1) is 7.11 Å². The van der Waals surface area contributed by atoms with E-state index in [2.05, 4.69) is 10.1 Å². The van der Waals surface area contributed by atoms with Gasteiger partial charge in [-0.3, -0.25) is 9.59 Å². The molecule has 1 atom stereocenters. The Morgan fingerprint density at radius 3 is 2.58 bits per heavy atom. The number of carbonyl (C=O) groups excluding carboxylic acids is 2. The monoisotopic (exact) mass is 174 g/mol. The van der Waals surface area contributed by atoms with Crippen LogP contribution in [0.2, 0.25) is 0 Å². The average Bonchev–Trinajstić information content (AvgIpc) is 2.03. The Morgan fingerprint density at radius 2 is 2.17 bits per heavy atom. The van der Waals surface area contributed by atoms with Crippen LogP contribution in [0.15, 0.2) is 0 Å². The molecule has 0 rings (SSSR count). The molecule has 0 aromatic heterocycles. The van der Waals surface area contributed by atoms with E-state index < -0.39 is 5.97 Å². The van der Waals surface area contributed by atoms with E-state index in [0.29, 0.717) is 6.54 Å². The molecule has 0 heterocycles. The molecule has 70 valence electrons. The lowest BCUT2D eigenvalue weighted by Gasteiger charge is -2.09. The number of hydrogen-bond donors (Lipinski definition) is 2. The van der Waals surface area contributed by atoms with Crippen LogP contribution < -0.4 is 11.1 Å². The summed E-state index contributed by atoms with van der Waals surface area (Å²) >= 11 is 0. The lowest BCUT2D eigenvalue weighted by molar-refractivity contribution is -0.143. The fraction of sp³-hybridized carbons (Fsp3) is 0.714. The predicted molar refractivity (Wildman–Crippen MR) is 43.3 cm³/mol. The standard InChI is InChI=1S/C7H14N2O3/c1-5(4-8)9-6(10)3-7(11)12-2/h5H,3-4,8H2,1-2H3,(H,9,10). The van der Waals surface area contributed by atoms with Gasteiger partial charge in [0.1, 0.15) is 6.42 Å². The lowest BCUT2D eigenvalue weighted by atomic mass is 10.3. The first-order valence-corrected chi connectivity index (χ1v) is 3.66. The van der Waals surface area contributed by atoms with Gasteiger partial charge >= 0.3 is 5.97 Å². The Kier molecular flexibility index (Phi) is 5.03. The summed E-state index contributed by atoms with van der Waals surface area (Å²) in [5.41, 5.74) is 5.25. The molecular formula is C7H14N2O3. The van der Waals surface area contributed by atoms with Gasteiger partial charge in [0.2, 0.25) is 5.91 Å².